The molecule has 0 aliphatic heterocycles. The van der Waals surface area contributed by atoms with Crippen molar-refractivity contribution in [3.05, 3.63) is 70.1 Å². The van der Waals surface area contributed by atoms with Gasteiger partial charge in [0.15, 0.2) is 0 Å². The number of amides is 1. The van der Waals surface area contributed by atoms with Crippen LogP contribution in [0.5, 0.6) is 5.75 Å². The smallest absolute Gasteiger partial charge is 0.276 e. The van der Waals surface area contributed by atoms with Crippen molar-refractivity contribution in [2.75, 3.05) is 6.61 Å². The number of aromatic nitrogens is 2. The predicted molar refractivity (Wildman–Crippen MR) is 120 cm³/mol. The number of carbonyl (C=O) groups excluding carboxylic acids is 1. The first-order valence-electron chi connectivity index (χ1n) is 9.90. The summed E-state index contributed by atoms with van der Waals surface area (Å²) in [5.74, 6) is 0.472. The van der Waals surface area contributed by atoms with Gasteiger partial charge in [0.1, 0.15) is 11.8 Å². The van der Waals surface area contributed by atoms with Crippen molar-refractivity contribution < 1.29 is 9.53 Å². The molecule has 0 aliphatic rings. The Morgan fingerprint density at radius 2 is 1.93 bits per heavy atom. The number of hydrogen-bond acceptors (Lipinski definition) is 5. The summed E-state index contributed by atoms with van der Waals surface area (Å²) in [6.45, 7) is 6.35. The van der Waals surface area contributed by atoms with E-state index in [1.165, 1.54) is 4.68 Å². The van der Waals surface area contributed by atoms with Crippen LogP contribution in [0.3, 0.4) is 0 Å². The van der Waals surface area contributed by atoms with Crippen molar-refractivity contribution in [2.24, 2.45) is 0 Å². The molecule has 0 fully saturated rings. The summed E-state index contributed by atoms with van der Waals surface area (Å²) in [5, 5.41) is 8.89. The molecule has 30 heavy (non-hydrogen) atoms. The average molecular weight is 422 g/mol. The molecule has 0 bridgehead atoms. The van der Waals surface area contributed by atoms with Gasteiger partial charge in [0.05, 0.1) is 22.4 Å². The summed E-state index contributed by atoms with van der Waals surface area (Å²) >= 11 is 1.55. The van der Waals surface area contributed by atoms with Gasteiger partial charge in [-0.1, -0.05) is 36.4 Å². The molecule has 2 heterocycles. The van der Waals surface area contributed by atoms with Gasteiger partial charge in [0.2, 0.25) is 5.91 Å². The van der Waals surface area contributed by atoms with E-state index < -0.39 is 6.04 Å². The van der Waals surface area contributed by atoms with Crippen molar-refractivity contribution in [1.82, 2.24) is 15.1 Å². The van der Waals surface area contributed by atoms with Crippen molar-refractivity contribution in [1.29, 1.82) is 0 Å². The largest absolute Gasteiger partial charge is 0.494 e. The van der Waals surface area contributed by atoms with Crippen LogP contribution in [0.4, 0.5) is 0 Å². The van der Waals surface area contributed by atoms with Crippen LogP contribution in [0.25, 0.3) is 20.2 Å². The first-order valence-corrected chi connectivity index (χ1v) is 10.7. The number of nitrogens with zero attached hydrogens (tertiary/aromatic N) is 2. The third-order valence-corrected chi connectivity index (χ3v) is 6.36. The van der Waals surface area contributed by atoms with Gasteiger partial charge >= 0.3 is 0 Å². The zero-order valence-electron chi connectivity index (χ0n) is 17.1. The Balaban J connectivity index is 1.64. The van der Waals surface area contributed by atoms with E-state index >= 15 is 0 Å². The van der Waals surface area contributed by atoms with E-state index in [0.717, 1.165) is 31.8 Å². The summed E-state index contributed by atoms with van der Waals surface area (Å²) in [7, 11) is 0. The molecule has 0 saturated heterocycles. The molecule has 0 spiro atoms. The van der Waals surface area contributed by atoms with Crippen molar-refractivity contribution in [3.63, 3.8) is 0 Å². The quantitative estimate of drug-likeness (QED) is 0.507. The minimum absolute atomic E-state index is 0.245. The lowest BCUT2D eigenvalue weighted by Crippen LogP contribution is -2.37. The van der Waals surface area contributed by atoms with E-state index in [4.69, 9.17) is 4.74 Å². The summed E-state index contributed by atoms with van der Waals surface area (Å²) < 4.78 is 8.81. The van der Waals surface area contributed by atoms with Crippen LogP contribution >= 0.6 is 11.3 Å². The molecule has 2 aromatic carbocycles. The number of para-hydroxylation sites is 1. The second-order valence-corrected chi connectivity index (χ2v) is 8.12. The molecule has 6 nitrogen and oxygen atoms in total. The predicted octanol–water partition coefficient (Wildman–Crippen LogP) is 4.20. The van der Waals surface area contributed by atoms with E-state index in [9.17, 15) is 9.59 Å². The SMILES string of the molecule is CCOc1ccccc1CNC(=O)[C@@H](C)n1nc(C)c2sc3ccccc3c2c1=O. The molecule has 0 saturated carbocycles. The van der Waals surface area contributed by atoms with Gasteiger partial charge in [-0.15, -0.1) is 11.3 Å². The van der Waals surface area contributed by atoms with Crippen LogP contribution in [0, 0.1) is 6.92 Å². The Kier molecular flexibility index (Phi) is 5.55. The average Bonchev–Trinajstić information content (AvgIpc) is 3.16. The topological polar surface area (TPSA) is 73.2 Å². The Morgan fingerprint density at radius 1 is 1.20 bits per heavy atom. The standard InChI is InChI=1S/C23H23N3O3S/c1-4-29-18-11-7-5-9-16(18)13-24-22(27)15(3)26-23(28)20-17-10-6-8-12-19(17)30-21(20)14(2)25-26/h5-12,15H,4,13H2,1-3H3,(H,24,27)/t15-/m1/s1. The van der Waals surface area contributed by atoms with Crippen molar-refractivity contribution >= 4 is 37.4 Å². The second-order valence-electron chi connectivity index (χ2n) is 7.07. The van der Waals surface area contributed by atoms with Gasteiger partial charge in [-0.3, -0.25) is 9.59 Å². The lowest BCUT2D eigenvalue weighted by Gasteiger charge is -2.16. The minimum Gasteiger partial charge on any atom is -0.494 e. The molecule has 154 valence electrons. The van der Waals surface area contributed by atoms with Crippen LogP contribution in [0.2, 0.25) is 0 Å². The van der Waals surface area contributed by atoms with Crippen LogP contribution in [0.15, 0.2) is 53.3 Å². The Hall–Kier alpha value is -3.19. The van der Waals surface area contributed by atoms with Crippen LogP contribution in [-0.4, -0.2) is 22.3 Å². The highest BCUT2D eigenvalue weighted by molar-refractivity contribution is 7.26. The fraction of sp³-hybridized carbons (Fsp3) is 0.261. The summed E-state index contributed by atoms with van der Waals surface area (Å²) in [6, 6.07) is 14.6. The molecule has 1 amide bonds. The van der Waals surface area contributed by atoms with E-state index in [1.54, 1.807) is 18.3 Å². The fourth-order valence-electron chi connectivity index (χ4n) is 3.53. The maximum Gasteiger partial charge on any atom is 0.276 e. The van der Waals surface area contributed by atoms with E-state index in [0.29, 0.717) is 18.5 Å². The number of aryl methyl sites for hydroxylation is 1. The van der Waals surface area contributed by atoms with Crippen LogP contribution in [0.1, 0.15) is 31.1 Å². The molecule has 1 atom stereocenters. The third kappa shape index (κ3) is 3.57. The molecule has 0 aliphatic carbocycles. The highest BCUT2D eigenvalue weighted by Gasteiger charge is 2.22. The van der Waals surface area contributed by atoms with Gasteiger partial charge < -0.3 is 10.1 Å². The van der Waals surface area contributed by atoms with Gasteiger partial charge in [-0.2, -0.15) is 5.10 Å². The number of benzene rings is 2. The molecular weight excluding hydrogens is 398 g/mol. The maximum absolute atomic E-state index is 13.2. The monoisotopic (exact) mass is 421 g/mol. The molecule has 4 aromatic rings. The van der Waals surface area contributed by atoms with Gasteiger partial charge in [-0.25, -0.2) is 4.68 Å². The zero-order valence-corrected chi connectivity index (χ0v) is 18.0. The van der Waals surface area contributed by atoms with Gasteiger partial charge in [0, 0.05) is 22.2 Å². The highest BCUT2D eigenvalue weighted by Crippen LogP contribution is 2.32. The molecule has 2 aromatic heterocycles. The third-order valence-electron chi connectivity index (χ3n) is 5.08. The van der Waals surface area contributed by atoms with E-state index in [2.05, 4.69) is 10.4 Å². The number of ether oxygens (including phenoxy) is 1. The number of fused-ring (bicyclic) bond motifs is 3. The number of carbonyl (C=O) groups is 1. The summed E-state index contributed by atoms with van der Waals surface area (Å²) in [5.41, 5.74) is 1.38. The Morgan fingerprint density at radius 3 is 2.73 bits per heavy atom. The molecule has 7 heteroatoms. The molecule has 0 unspecified atom stereocenters. The van der Waals surface area contributed by atoms with Crippen LogP contribution in [-0.2, 0) is 11.3 Å². The van der Waals surface area contributed by atoms with Gasteiger partial charge in [0.25, 0.3) is 5.56 Å². The summed E-state index contributed by atoms with van der Waals surface area (Å²) in [6.07, 6.45) is 0. The zero-order chi connectivity index (χ0) is 21.3. The maximum atomic E-state index is 13.2. The Labute approximate surface area is 178 Å². The number of hydrogen-bond donors (Lipinski definition) is 1. The number of nitrogens with one attached hydrogen (secondary N) is 1. The molecule has 1 N–H and O–H groups in total. The van der Waals surface area contributed by atoms with Crippen molar-refractivity contribution in [3.8, 4) is 5.75 Å². The molecule has 4 rings (SSSR count). The van der Waals surface area contributed by atoms with Crippen LogP contribution < -0.4 is 15.6 Å². The Bertz CT molecular complexity index is 1290. The highest BCUT2D eigenvalue weighted by atomic mass is 32.1. The molecular formula is C23H23N3O3S. The fourth-order valence-corrected chi connectivity index (χ4v) is 4.66. The number of rotatable bonds is 6. The van der Waals surface area contributed by atoms with E-state index in [-0.39, 0.29) is 11.5 Å². The molecule has 0 radical (unpaired) electrons. The number of thiophene rings is 1. The minimum atomic E-state index is -0.737. The lowest BCUT2D eigenvalue weighted by atomic mass is 10.1. The first kappa shape index (κ1) is 20.1. The second kappa shape index (κ2) is 8.28. The lowest BCUT2D eigenvalue weighted by molar-refractivity contribution is -0.124. The first-order chi connectivity index (χ1) is 14.5. The summed E-state index contributed by atoms with van der Waals surface area (Å²) in [4.78, 5) is 26.1. The van der Waals surface area contributed by atoms with Gasteiger partial charge in [-0.05, 0) is 32.9 Å². The normalized spacial score (nSPS) is 12.2. The van der Waals surface area contributed by atoms with E-state index in [1.807, 2.05) is 62.4 Å². The van der Waals surface area contributed by atoms with Crippen molar-refractivity contribution in [2.45, 2.75) is 33.4 Å².